The van der Waals surface area contributed by atoms with E-state index in [9.17, 15) is 14.7 Å². The molecule has 1 fully saturated rings. The van der Waals surface area contributed by atoms with Crippen molar-refractivity contribution in [3.8, 4) is 0 Å². The van der Waals surface area contributed by atoms with Gasteiger partial charge < -0.3 is 20.0 Å². The summed E-state index contributed by atoms with van der Waals surface area (Å²) in [7, 11) is 0. The zero-order valence-electron chi connectivity index (χ0n) is 11.0. The summed E-state index contributed by atoms with van der Waals surface area (Å²) in [6.45, 7) is 5.05. The highest BCUT2D eigenvalue weighted by Gasteiger charge is 2.26. The summed E-state index contributed by atoms with van der Waals surface area (Å²) in [6, 6.07) is -0.238. The Kier molecular flexibility index (Phi) is 5.40. The molecular weight excluding hydrogens is 236 g/mol. The predicted octanol–water partition coefficient (Wildman–Crippen LogP) is 0.606. The van der Waals surface area contributed by atoms with Crippen LogP contribution < -0.4 is 0 Å². The lowest BCUT2D eigenvalue weighted by molar-refractivity contribution is -0.137. The van der Waals surface area contributed by atoms with Crippen LogP contribution in [0.4, 0.5) is 4.79 Å². The van der Waals surface area contributed by atoms with Crippen LogP contribution in [0.1, 0.15) is 26.7 Å². The zero-order chi connectivity index (χ0) is 13.7. The van der Waals surface area contributed by atoms with Crippen molar-refractivity contribution in [3.63, 3.8) is 0 Å². The number of hydrogen-bond acceptors (Lipinski definition) is 3. The van der Waals surface area contributed by atoms with Crippen LogP contribution in [0.3, 0.4) is 0 Å². The minimum atomic E-state index is -0.999. The molecule has 0 saturated carbocycles. The molecule has 0 radical (unpaired) electrons. The molecule has 6 heteroatoms. The summed E-state index contributed by atoms with van der Waals surface area (Å²) in [5.74, 6) is -0.773. The highest BCUT2D eigenvalue weighted by Crippen LogP contribution is 2.13. The Morgan fingerprint density at radius 3 is 2.33 bits per heavy atom. The number of nitrogens with zero attached hydrogens (tertiary/aromatic N) is 2. The summed E-state index contributed by atoms with van der Waals surface area (Å²) in [5.41, 5.74) is 0. The zero-order valence-corrected chi connectivity index (χ0v) is 11.0. The van der Waals surface area contributed by atoms with E-state index in [0.717, 1.165) is 0 Å². The number of carbonyl (C=O) groups is 2. The molecule has 1 saturated heterocycles. The number of piperidine rings is 1. The van der Waals surface area contributed by atoms with Crippen molar-refractivity contribution in [2.75, 3.05) is 26.2 Å². The molecule has 0 spiro atoms. The highest BCUT2D eigenvalue weighted by atomic mass is 16.4. The van der Waals surface area contributed by atoms with E-state index < -0.39 is 5.97 Å². The monoisotopic (exact) mass is 258 g/mol. The van der Waals surface area contributed by atoms with Crippen LogP contribution in [-0.4, -0.2) is 64.3 Å². The maximum Gasteiger partial charge on any atom is 0.323 e. The van der Waals surface area contributed by atoms with Crippen LogP contribution in [0.15, 0.2) is 0 Å². The van der Waals surface area contributed by atoms with Gasteiger partial charge >= 0.3 is 12.0 Å². The van der Waals surface area contributed by atoms with Crippen molar-refractivity contribution in [1.29, 1.82) is 0 Å². The first kappa shape index (κ1) is 14.8. The average Bonchev–Trinajstić information content (AvgIpc) is 2.27. The third kappa shape index (κ3) is 4.52. The van der Waals surface area contributed by atoms with E-state index in [0.29, 0.717) is 32.5 Å². The Balaban J connectivity index is 2.60. The van der Waals surface area contributed by atoms with E-state index in [1.165, 1.54) is 4.90 Å². The molecule has 0 aromatic carbocycles. The number of aliphatic carboxylic acids is 1. The van der Waals surface area contributed by atoms with Crippen LogP contribution in [0, 0.1) is 5.92 Å². The van der Waals surface area contributed by atoms with Crippen molar-refractivity contribution in [2.24, 2.45) is 5.92 Å². The van der Waals surface area contributed by atoms with Gasteiger partial charge in [-0.1, -0.05) is 13.8 Å². The lowest BCUT2D eigenvalue weighted by Gasteiger charge is -2.34. The van der Waals surface area contributed by atoms with Gasteiger partial charge in [-0.25, -0.2) is 4.79 Å². The van der Waals surface area contributed by atoms with Crippen LogP contribution in [0.5, 0.6) is 0 Å². The Hall–Kier alpha value is -1.30. The topological polar surface area (TPSA) is 81.1 Å². The average molecular weight is 258 g/mol. The van der Waals surface area contributed by atoms with Crippen LogP contribution >= 0.6 is 0 Å². The molecule has 2 amide bonds. The smallest absolute Gasteiger partial charge is 0.323 e. The molecule has 18 heavy (non-hydrogen) atoms. The van der Waals surface area contributed by atoms with Gasteiger partial charge in [-0.15, -0.1) is 0 Å². The van der Waals surface area contributed by atoms with E-state index >= 15 is 0 Å². The maximum atomic E-state index is 12.2. The third-order valence-corrected chi connectivity index (χ3v) is 2.92. The maximum absolute atomic E-state index is 12.2. The standard InChI is InChI=1S/C12H22N2O4/c1-9(2)7-14(8-11(16)17)12(18)13-5-3-10(15)4-6-13/h9-10,15H,3-8H2,1-2H3,(H,16,17). The Morgan fingerprint density at radius 1 is 1.33 bits per heavy atom. The van der Waals surface area contributed by atoms with Gasteiger partial charge in [0, 0.05) is 19.6 Å². The Labute approximate surface area is 107 Å². The summed E-state index contributed by atoms with van der Waals surface area (Å²) in [5, 5.41) is 18.2. The predicted molar refractivity (Wildman–Crippen MR) is 66.3 cm³/mol. The van der Waals surface area contributed by atoms with Crippen LogP contribution in [0.25, 0.3) is 0 Å². The van der Waals surface area contributed by atoms with E-state index in [1.807, 2.05) is 13.8 Å². The van der Waals surface area contributed by atoms with Crippen molar-refractivity contribution in [1.82, 2.24) is 9.80 Å². The molecule has 0 aromatic heterocycles. The SMILES string of the molecule is CC(C)CN(CC(=O)O)C(=O)N1CCC(O)CC1. The van der Waals surface area contributed by atoms with Gasteiger partial charge in [-0.3, -0.25) is 4.79 Å². The molecule has 0 aromatic rings. The normalized spacial score (nSPS) is 17.0. The van der Waals surface area contributed by atoms with Gasteiger partial charge in [-0.05, 0) is 18.8 Å². The van der Waals surface area contributed by atoms with E-state index in [-0.39, 0.29) is 24.6 Å². The van der Waals surface area contributed by atoms with Crippen LogP contribution in [0.2, 0.25) is 0 Å². The first-order valence-electron chi connectivity index (χ1n) is 6.34. The van der Waals surface area contributed by atoms with E-state index in [4.69, 9.17) is 5.11 Å². The summed E-state index contributed by atoms with van der Waals surface area (Å²) in [4.78, 5) is 25.9. The van der Waals surface area contributed by atoms with Crippen molar-refractivity contribution < 1.29 is 19.8 Å². The third-order valence-electron chi connectivity index (χ3n) is 2.92. The molecular formula is C12H22N2O4. The second-order valence-corrected chi connectivity index (χ2v) is 5.17. The molecule has 104 valence electrons. The second-order valence-electron chi connectivity index (χ2n) is 5.17. The summed E-state index contributed by atoms with van der Waals surface area (Å²) in [6.07, 6.45) is 0.787. The van der Waals surface area contributed by atoms with Crippen molar-refractivity contribution >= 4 is 12.0 Å². The van der Waals surface area contributed by atoms with E-state index in [1.54, 1.807) is 4.90 Å². The fourth-order valence-electron chi connectivity index (χ4n) is 2.07. The number of aliphatic hydroxyl groups excluding tert-OH is 1. The minimum Gasteiger partial charge on any atom is -0.480 e. The molecule has 0 bridgehead atoms. The number of urea groups is 1. The molecule has 1 aliphatic rings. The van der Waals surface area contributed by atoms with Gasteiger partial charge in [0.1, 0.15) is 6.54 Å². The molecule has 1 aliphatic heterocycles. The number of carbonyl (C=O) groups excluding carboxylic acids is 1. The lowest BCUT2D eigenvalue weighted by Crippen LogP contribution is -2.49. The first-order chi connectivity index (χ1) is 8.40. The molecule has 2 N–H and O–H groups in total. The van der Waals surface area contributed by atoms with Gasteiger partial charge in [0.05, 0.1) is 6.10 Å². The number of likely N-dealkylation sites (tertiary alicyclic amines) is 1. The number of carboxylic acids is 1. The first-order valence-corrected chi connectivity index (χ1v) is 6.34. The van der Waals surface area contributed by atoms with E-state index in [2.05, 4.69) is 0 Å². The number of hydrogen-bond donors (Lipinski definition) is 2. The van der Waals surface area contributed by atoms with Gasteiger partial charge in [0.2, 0.25) is 0 Å². The molecule has 0 aliphatic carbocycles. The number of carboxylic acid groups (broad SMARTS) is 1. The van der Waals surface area contributed by atoms with Gasteiger partial charge in [0.15, 0.2) is 0 Å². The van der Waals surface area contributed by atoms with Crippen LogP contribution in [-0.2, 0) is 4.79 Å². The van der Waals surface area contributed by atoms with Gasteiger partial charge in [-0.2, -0.15) is 0 Å². The quantitative estimate of drug-likeness (QED) is 0.774. The number of aliphatic hydroxyl groups is 1. The largest absolute Gasteiger partial charge is 0.480 e. The van der Waals surface area contributed by atoms with Crippen molar-refractivity contribution in [2.45, 2.75) is 32.8 Å². The molecule has 0 atom stereocenters. The molecule has 1 rings (SSSR count). The number of amides is 2. The molecule has 6 nitrogen and oxygen atoms in total. The molecule has 0 unspecified atom stereocenters. The highest BCUT2D eigenvalue weighted by molar-refractivity contribution is 5.80. The van der Waals surface area contributed by atoms with Gasteiger partial charge in [0.25, 0.3) is 0 Å². The lowest BCUT2D eigenvalue weighted by atomic mass is 10.1. The van der Waals surface area contributed by atoms with Crippen molar-refractivity contribution in [3.05, 3.63) is 0 Å². The number of rotatable bonds is 4. The fourth-order valence-corrected chi connectivity index (χ4v) is 2.07. The summed E-state index contributed by atoms with van der Waals surface area (Å²) < 4.78 is 0. The second kappa shape index (κ2) is 6.58. The molecule has 1 heterocycles. The Morgan fingerprint density at radius 2 is 1.89 bits per heavy atom. The fraction of sp³-hybridized carbons (Fsp3) is 0.833. The summed E-state index contributed by atoms with van der Waals surface area (Å²) >= 11 is 0. The minimum absolute atomic E-state index is 0.226. The Bertz CT molecular complexity index is 298.